The number of benzene rings is 2. The first kappa shape index (κ1) is 14.5. The molecule has 0 aliphatic heterocycles. The van der Waals surface area contributed by atoms with Gasteiger partial charge in [0.2, 0.25) is 0 Å². The number of carbonyl (C=O) groups is 1. The van der Waals surface area contributed by atoms with Gasteiger partial charge in [0.05, 0.1) is 11.3 Å². The van der Waals surface area contributed by atoms with Crippen LogP contribution >= 0.6 is 23.2 Å². The number of rotatable bonds is 4. The molecule has 0 aromatic heterocycles. The Hall–Kier alpha value is -1.91. The highest BCUT2D eigenvalue weighted by Gasteiger charge is 2.09. The van der Waals surface area contributed by atoms with Gasteiger partial charge in [0, 0.05) is 15.6 Å². The van der Waals surface area contributed by atoms with E-state index in [2.05, 4.69) is 0 Å². The lowest BCUT2D eigenvalue weighted by Crippen LogP contribution is -2.02. The summed E-state index contributed by atoms with van der Waals surface area (Å²) in [7, 11) is 0. The normalized spacial score (nSPS) is 10.3. The molecule has 3 N–H and O–H groups in total. The first-order valence-corrected chi connectivity index (χ1v) is 6.42. The van der Waals surface area contributed by atoms with E-state index in [4.69, 9.17) is 38.8 Å². The Morgan fingerprint density at radius 2 is 1.95 bits per heavy atom. The Bertz CT molecular complexity index is 659. The smallest absolute Gasteiger partial charge is 0.335 e. The van der Waals surface area contributed by atoms with Crippen LogP contribution in [0.5, 0.6) is 5.75 Å². The molecule has 104 valence electrons. The highest BCUT2D eigenvalue weighted by molar-refractivity contribution is 6.33. The lowest BCUT2D eigenvalue weighted by molar-refractivity contribution is 0.0696. The Morgan fingerprint density at radius 1 is 1.20 bits per heavy atom. The third kappa shape index (κ3) is 3.35. The van der Waals surface area contributed by atoms with E-state index in [0.29, 0.717) is 27.0 Å². The molecule has 2 aromatic rings. The van der Waals surface area contributed by atoms with E-state index in [0.717, 1.165) is 0 Å². The third-order valence-corrected chi connectivity index (χ3v) is 3.26. The van der Waals surface area contributed by atoms with Crippen LogP contribution in [0.25, 0.3) is 0 Å². The summed E-state index contributed by atoms with van der Waals surface area (Å²) in [6, 6.07) is 9.29. The van der Waals surface area contributed by atoms with Gasteiger partial charge in [0.25, 0.3) is 0 Å². The number of hydrogen-bond acceptors (Lipinski definition) is 3. The van der Waals surface area contributed by atoms with Crippen molar-refractivity contribution in [1.29, 1.82) is 0 Å². The van der Waals surface area contributed by atoms with Crippen molar-refractivity contribution in [1.82, 2.24) is 0 Å². The predicted molar refractivity (Wildman–Crippen MR) is 78.6 cm³/mol. The molecule has 0 fully saturated rings. The van der Waals surface area contributed by atoms with E-state index in [9.17, 15) is 4.79 Å². The van der Waals surface area contributed by atoms with Crippen LogP contribution in [-0.2, 0) is 6.61 Å². The fourth-order valence-electron chi connectivity index (χ4n) is 1.60. The SMILES string of the molecule is Nc1ccc(C(=O)O)cc1OCc1cc(Cl)ccc1Cl. The van der Waals surface area contributed by atoms with Crippen molar-refractivity contribution in [2.45, 2.75) is 6.61 Å². The number of nitrogens with two attached hydrogens (primary N) is 1. The molecule has 0 unspecified atom stereocenters. The van der Waals surface area contributed by atoms with Crippen LogP contribution in [0.4, 0.5) is 5.69 Å². The summed E-state index contributed by atoms with van der Waals surface area (Å²) >= 11 is 11.9. The second-order valence-electron chi connectivity index (χ2n) is 4.08. The van der Waals surface area contributed by atoms with Crippen molar-refractivity contribution in [3.8, 4) is 5.75 Å². The van der Waals surface area contributed by atoms with E-state index in [1.807, 2.05) is 0 Å². The number of hydrogen-bond donors (Lipinski definition) is 2. The van der Waals surface area contributed by atoms with Crippen LogP contribution in [-0.4, -0.2) is 11.1 Å². The van der Waals surface area contributed by atoms with Crippen LogP contribution < -0.4 is 10.5 Å². The fraction of sp³-hybridized carbons (Fsp3) is 0.0714. The molecule has 0 saturated carbocycles. The van der Waals surface area contributed by atoms with E-state index in [1.54, 1.807) is 18.2 Å². The molecule has 0 amide bonds. The van der Waals surface area contributed by atoms with Crippen LogP contribution in [0, 0.1) is 0 Å². The second-order valence-corrected chi connectivity index (χ2v) is 4.93. The Balaban J connectivity index is 2.20. The van der Waals surface area contributed by atoms with Gasteiger partial charge in [0.1, 0.15) is 12.4 Å². The summed E-state index contributed by atoms with van der Waals surface area (Å²) in [4.78, 5) is 10.9. The minimum Gasteiger partial charge on any atom is -0.487 e. The van der Waals surface area contributed by atoms with E-state index in [1.165, 1.54) is 18.2 Å². The van der Waals surface area contributed by atoms with E-state index >= 15 is 0 Å². The zero-order valence-corrected chi connectivity index (χ0v) is 11.8. The first-order valence-electron chi connectivity index (χ1n) is 5.67. The number of nitrogen functional groups attached to an aromatic ring is 1. The third-order valence-electron chi connectivity index (χ3n) is 2.65. The van der Waals surface area contributed by atoms with Crippen LogP contribution in [0.2, 0.25) is 10.0 Å². The summed E-state index contributed by atoms with van der Waals surface area (Å²) in [5, 5.41) is 9.99. The number of carboxylic acid groups (broad SMARTS) is 1. The van der Waals surface area contributed by atoms with Gasteiger partial charge in [-0.25, -0.2) is 4.79 Å². The number of aromatic carboxylic acids is 1. The van der Waals surface area contributed by atoms with Crippen molar-refractivity contribution in [3.05, 3.63) is 57.6 Å². The Labute approximate surface area is 125 Å². The number of ether oxygens (including phenoxy) is 1. The molecule has 0 saturated heterocycles. The molecule has 0 heterocycles. The summed E-state index contributed by atoms with van der Waals surface area (Å²) in [5.74, 6) is -0.753. The minimum absolute atomic E-state index is 0.103. The van der Waals surface area contributed by atoms with E-state index < -0.39 is 5.97 Å². The Kier molecular flexibility index (Phi) is 4.37. The number of carboxylic acids is 1. The largest absolute Gasteiger partial charge is 0.487 e. The molecule has 4 nitrogen and oxygen atoms in total. The fourth-order valence-corrected chi connectivity index (χ4v) is 1.97. The highest BCUT2D eigenvalue weighted by atomic mass is 35.5. The zero-order valence-electron chi connectivity index (χ0n) is 10.3. The Morgan fingerprint density at radius 3 is 2.65 bits per heavy atom. The number of halogens is 2. The molecule has 20 heavy (non-hydrogen) atoms. The van der Waals surface area contributed by atoms with Gasteiger partial charge >= 0.3 is 5.97 Å². The molecule has 2 rings (SSSR count). The zero-order chi connectivity index (χ0) is 14.7. The van der Waals surface area contributed by atoms with Crippen molar-refractivity contribution in [2.24, 2.45) is 0 Å². The minimum atomic E-state index is -1.05. The quantitative estimate of drug-likeness (QED) is 0.841. The molecule has 0 bridgehead atoms. The average Bonchev–Trinajstić information content (AvgIpc) is 2.41. The maximum Gasteiger partial charge on any atom is 0.335 e. The maximum atomic E-state index is 10.9. The lowest BCUT2D eigenvalue weighted by atomic mass is 10.2. The van der Waals surface area contributed by atoms with Crippen LogP contribution in [0.1, 0.15) is 15.9 Å². The van der Waals surface area contributed by atoms with Crippen molar-refractivity contribution in [2.75, 3.05) is 5.73 Å². The topological polar surface area (TPSA) is 72.6 Å². The van der Waals surface area contributed by atoms with Crippen LogP contribution in [0.15, 0.2) is 36.4 Å². The van der Waals surface area contributed by atoms with Crippen LogP contribution in [0.3, 0.4) is 0 Å². The van der Waals surface area contributed by atoms with Gasteiger partial charge in [0.15, 0.2) is 0 Å². The summed E-state index contributed by atoms with van der Waals surface area (Å²) in [5.41, 5.74) is 6.90. The van der Waals surface area contributed by atoms with Gasteiger partial charge in [-0.3, -0.25) is 0 Å². The predicted octanol–water partition coefficient (Wildman–Crippen LogP) is 3.85. The van der Waals surface area contributed by atoms with Gasteiger partial charge in [-0.15, -0.1) is 0 Å². The average molecular weight is 312 g/mol. The highest BCUT2D eigenvalue weighted by Crippen LogP contribution is 2.26. The first-order chi connectivity index (χ1) is 9.47. The standard InChI is InChI=1S/C14H11Cl2NO3/c15-10-2-3-11(16)9(5-10)7-20-13-6-8(14(18)19)1-4-12(13)17/h1-6H,7,17H2,(H,18,19). The molecular weight excluding hydrogens is 301 g/mol. The maximum absolute atomic E-state index is 10.9. The summed E-state index contributed by atoms with van der Waals surface area (Å²) in [6.45, 7) is 0.146. The van der Waals surface area contributed by atoms with Gasteiger partial charge in [-0.05, 0) is 36.4 Å². The molecule has 0 radical (unpaired) electrons. The van der Waals surface area contributed by atoms with Gasteiger partial charge < -0.3 is 15.6 Å². The molecule has 2 aromatic carbocycles. The van der Waals surface area contributed by atoms with Crippen molar-refractivity contribution < 1.29 is 14.6 Å². The molecule has 0 spiro atoms. The molecular formula is C14H11Cl2NO3. The number of anilines is 1. The monoisotopic (exact) mass is 311 g/mol. The van der Waals surface area contributed by atoms with E-state index in [-0.39, 0.29) is 12.2 Å². The second kappa shape index (κ2) is 6.03. The van der Waals surface area contributed by atoms with Gasteiger partial charge in [-0.2, -0.15) is 0 Å². The van der Waals surface area contributed by atoms with Crippen molar-refractivity contribution >= 4 is 34.9 Å². The molecule has 0 aliphatic rings. The lowest BCUT2D eigenvalue weighted by Gasteiger charge is -2.11. The summed E-state index contributed by atoms with van der Waals surface area (Å²) < 4.78 is 5.52. The van der Waals surface area contributed by atoms with Gasteiger partial charge in [-0.1, -0.05) is 23.2 Å². The molecule has 0 aliphatic carbocycles. The molecule has 6 heteroatoms. The summed E-state index contributed by atoms with van der Waals surface area (Å²) in [6.07, 6.45) is 0. The molecule has 0 atom stereocenters. The van der Waals surface area contributed by atoms with Crippen molar-refractivity contribution in [3.63, 3.8) is 0 Å².